The van der Waals surface area contributed by atoms with E-state index in [1.807, 2.05) is 0 Å². The monoisotopic (exact) mass is 238 g/mol. The van der Waals surface area contributed by atoms with E-state index in [0.717, 1.165) is 11.8 Å². The lowest BCUT2D eigenvalue weighted by molar-refractivity contribution is 0.529. The van der Waals surface area contributed by atoms with Crippen LogP contribution >= 0.6 is 0 Å². The van der Waals surface area contributed by atoms with Gasteiger partial charge in [0, 0.05) is 0 Å². The van der Waals surface area contributed by atoms with Crippen LogP contribution in [-0.2, 0) is 6.42 Å². The molecule has 2 aliphatic carbocycles. The molecular weight excluding hydrogens is 216 g/mol. The van der Waals surface area contributed by atoms with E-state index >= 15 is 0 Å². The Morgan fingerprint density at radius 2 is 1.94 bits per heavy atom. The number of hydrogen-bond donors (Lipinski definition) is 0. The second-order valence-electron chi connectivity index (χ2n) is 5.98. The summed E-state index contributed by atoms with van der Waals surface area (Å²) in [6.45, 7) is 2.16. The average molecular weight is 238 g/mol. The van der Waals surface area contributed by atoms with Crippen LogP contribution in [0.15, 0.2) is 48.1 Å². The lowest BCUT2D eigenvalue weighted by atomic mass is 9.93. The van der Waals surface area contributed by atoms with E-state index in [2.05, 4.69) is 49.4 Å². The molecule has 0 spiro atoms. The van der Waals surface area contributed by atoms with Crippen molar-refractivity contribution in [2.45, 2.75) is 39.0 Å². The van der Waals surface area contributed by atoms with E-state index in [1.165, 1.54) is 43.2 Å². The van der Waals surface area contributed by atoms with Crippen molar-refractivity contribution in [1.82, 2.24) is 0 Å². The second kappa shape index (κ2) is 5.14. The van der Waals surface area contributed by atoms with Gasteiger partial charge >= 0.3 is 0 Å². The fraction of sp³-hybridized carbons (Fsp3) is 0.444. The van der Waals surface area contributed by atoms with Crippen molar-refractivity contribution in [1.29, 1.82) is 0 Å². The molecule has 0 amide bonds. The van der Waals surface area contributed by atoms with Crippen molar-refractivity contribution in [3.8, 4) is 0 Å². The summed E-state index contributed by atoms with van der Waals surface area (Å²) < 4.78 is 0. The van der Waals surface area contributed by atoms with E-state index in [-0.39, 0.29) is 0 Å². The molecule has 2 aliphatic rings. The molecule has 0 N–H and O–H groups in total. The minimum Gasteiger partial charge on any atom is -0.0799 e. The lowest BCUT2D eigenvalue weighted by Gasteiger charge is -2.12. The molecule has 1 aromatic carbocycles. The predicted octanol–water partition coefficient (Wildman–Crippen LogP) is 4.84. The topological polar surface area (TPSA) is 0 Å². The summed E-state index contributed by atoms with van der Waals surface area (Å²) in [6, 6.07) is 9.08. The number of benzene rings is 1. The Balaban J connectivity index is 1.55. The van der Waals surface area contributed by atoms with Crippen LogP contribution in [0.25, 0.3) is 0 Å². The Morgan fingerprint density at radius 1 is 1.17 bits per heavy atom. The minimum atomic E-state index is 0.848. The van der Waals surface area contributed by atoms with Gasteiger partial charge in [0.15, 0.2) is 0 Å². The van der Waals surface area contributed by atoms with Crippen LogP contribution in [0.1, 0.15) is 36.8 Å². The van der Waals surface area contributed by atoms with Crippen molar-refractivity contribution >= 4 is 0 Å². The van der Waals surface area contributed by atoms with E-state index in [1.54, 1.807) is 5.57 Å². The Kier molecular flexibility index (Phi) is 3.36. The maximum atomic E-state index is 2.52. The molecular formula is C18H22. The van der Waals surface area contributed by atoms with Gasteiger partial charge < -0.3 is 0 Å². The van der Waals surface area contributed by atoms with Gasteiger partial charge in [-0.05, 0) is 62.0 Å². The highest BCUT2D eigenvalue weighted by Crippen LogP contribution is 2.35. The van der Waals surface area contributed by atoms with Gasteiger partial charge in [0.1, 0.15) is 0 Å². The minimum absolute atomic E-state index is 0.848. The molecule has 0 heterocycles. The van der Waals surface area contributed by atoms with Gasteiger partial charge in [0.25, 0.3) is 0 Å². The number of aryl methyl sites for hydroxylation is 1. The fourth-order valence-electron chi connectivity index (χ4n) is 3.19. The molecule has 1 aromatic rings. The Hall–Kier alpha value is -1.30. The first-order chi connectivity index (χ1) is 8.79. The molecule has 1 saturated carbocycles. The van der Waals surface area contributed by atoms with Crippen LogP contribution in [0.2, 0.25) is 0 Å². The molecule has 3 rings (SSSR count). The van der Waals surface area contributed by atoms with Crippen molar-refractivity contribution in [3.05, 3.63) is 59.2 Å². The summed E-state index contributed by atoms with van der Waals surface area (Å²) in [4.78, 5) is 0. The van der Waals surface area contributed by atoms with E-state index < -0.39 is 0 Å². The highest BCUT2D eigenvalue weighted by Gasteiger charge is 2.23. The summed E-state index contributed by atoms with van der Waals surface area (Å²) in [7, 11) is 0. The number of hydrogen-bond acceptors (Lipinski definition) is 0. The molecule has 0 nitrogen and oxygen atoms in total. The smallest absolute Gasteiger partial charge is 0.00974 e. The van der Waals surface area contributed by atoms with Gasteiger partial charge in [-0.15, -0.1) is 0 Å². The first kappa shape index (κ1) is 11.8. The molecule has 2 atom stereocenters. The third-order valence-electron chi connectivity index (χ3n) is 4.36. The quantitative estimate of drug-likeness (QED) is 0.707. The molecule has 2 unspecified atom stereocenters. The van der Waals surface area contributed by atoms with Gasteiger partial charge in [-0.3, -0.25) is 0 Å². The normalized spacial score (nSPS) is 28.6. The third-order valence-corrected chi connectivity index (χ3v) is 4.36. The zero-order valence-electron chi connectivity index (χ0n) is 11.2. The standard InChI is InChI=1S/C18H22/c1-14-5-7-16(8-6-14)12-18-10-9-17(13-18)11-15-3-2-4-15/h2-3,5-8,11,17-18H,4,9-10,12-13H2,1H3/b15-11-. The van der Waals surface area contributed by atoms with Crippen LogP contribution in [0.4, 0.5) is 0 Å². The zero-order valence-corrected chi connectivity index (χ0v) is 11.2. The van der Waals surface area contributed by atoms with Crippen LogP contribution in [0.5, 0.6) is 0 Å². The van der Waals surface area contributed by atoms with Gasteiger partial charge in [0.05, 0.1) is 0 Å². The maximum absolute atomic E-state index is 2.52. The van der Waals surface area contributed by atoms with Crippen LogP contribution in [-0.4, -0.2) is 0 Å². The highest BCUT2D eigenvalue weighted by molar-refractivity contribution is 5.31. The molecule has 1 fully saturated rings. The molecule has 0 aromatic heterocycles. The summed E-state index contributed by atoms with van der Waals surface area (Å²) in [6.07, 6.45) is 13.7. The summed E-state index contributed by atoms with van der Waals surface area (Å²) in [5.41, 5.74) is 4.45. The fourth-order valence-corrected chi connectivity index (χ4v) is 3.19. The highest BCUT2D eigenvalue weighted by atomic mass is 14.3. The van der Waals surface area contributed by atoms with Crippen LogP contribution < -0.4 is 0 Å². The largest absolute Gasteiger partial charge is 0.0799 e. The van der Waals surface area contributed by atoms with E-state index in [9.17, 15) is 0 Å². The van der Waals surface area contributed by atoms with Gasteiger partial charge in [-0.1, -0.05) is 48.1 Å². The predicted molar refractivity (Wildman–Crippen MR) is 77.6 cm³/mol. The lowest BCUT2D eigenvalue weighted by Crippen LogP contribution is -2.00. The van der Waals surface area contributed by atoms with Gasteiger partial charge in [0.2, 0.25) is 0 Å². The van der Waals surface area contributed by atoms with Gasteiger partial charge in [-0.25, -0.2) is 0 Å². The van der Waals surface area contributed by atoms with E-state index in [4.69, 9.17) is 0 Å². The van der Waals surface area contributed by atoms with Crippen molar-refractivity contribution in [3.63, 3.8) is 0 Å². The van der Waals surface area contributed by atoms with Crippen molar-refractivity contribution in [2.24, 2.45) is 11.8 Å². The summed E-state index contributed by atoms with van der Waals surface area (Å²) in [5, 5.41) is 0. The van der Waals surface area contributed by atoms with Crippen LogP contribution in [0, 0.1) is 18.8 Å². The average Bonchev–Trinajstić information content (AvgIpc) is 2.75. The number of rotatable bonds is 3. The summed E-state index contributed by atoms with van der Waals surface area (Å²) in [5.74, 6) is 1.75. The molecule has 0 aliphatic heterocycles. The molecule has 0 radical (unpaired) electrons. The first-order valence-corrected chi connectivity index (χ1v) is 7.22. The molecule has 94 valence electrons. The van der Waals surface area contributed by atoms with Crippen molar-refractivity contribution < 1.29 is 0 Å². The molecule has 0 heteroatoms. The van der Waals surface area contributed by atoms with Crippen molar-refractivity contribution in [2.75, 3.05) is 0 Å². The Labute approximate surface area is 110 Å². The SMILES string of the molecule is Cc1ccc(CC2CCC(/C=C3/C=CC3)C2)cc1. The van der Waals surface area contributed by atoms with Gasteiger partial charge in [-0.2, -0.15) is 0 Å². The van der Waals surface area contributed by atoms with Crippen LogP contribution in [0.3, 0.4) is 0 Å². The molecule has 18 heavy (non-hydrogen) atoms. The first-order valence-electron chi connectivity index (χ1n) is 7.22. The van der Waals surface area contributed by atoms with E-state index in [0.29, 0.717) is 0 Å². The second-order valence-corrected chi connectivity index (χ2v) is 5.98. The maximum Gasteiger partial charge on any atom is -0.00974 e. The Bertz CT molecular complexity index is 461. The molecule has 0 bridgehead atoms. The Morgan fingerprint density at radius 3 is 2.61 bits per heavy atom. The summed E-state index contributed by atoms with van der Waals surface area (Å²) >= 11 is 0. The molecule has 0 saturated heterocycles. The zero-order chi connectivity index (χ0) is 12.4. The third kappa shape index (κ3) is 2.75. The number of allylic oxidation sites excluding steroid dienone is 4.